The number of carbonyl (C=O) groups excluding carboxylic acids is 8. The van der Waals surface area contributed by atoms with Gasteiger partial charge in [0, 0.05) is 19.4 Å². The molecule has 1 aliphatic rings. The van der Waals surface area contributed by atoms with Crippen LogP contribution in [0, 0.1) is 11.8 Å². The van der Waals surface area contributed by atoms with Crippen LogP contribution >= 0.6 is 0 Å². The maximum atomic E-state index is 14.2. The first-order valence-corrected chi connectivity index (χ1v) is 20.4. The monoisotopic (exact) mass is 891 g/mol. The number of nitrogens with one attached hydrogen (secondary N) is 6. The van der Waals surface area contributed by atoms with E-state index in [9.17, 15) is 68.4 Å². The van der Waals surface area contributed by atoms with Crippen LogP contribution in [0.2, 0.25) is 0 Å². The van der Waals surface area contributed by atoms with Gasteiger partial charge in [-0.15, -0.1) is 0 Å². The molecule has 0 radical (unpaired) electrons. The smallest absolute Gasteiger partial charge is 0.326 e. The normalized spacial score (nSPS) is 17.4. The Kier molecular flexibility index (Phi) is 21.0. The van der Waals surface area contributed by atoms with Crippen molar-refractivity contribution in [3.63, 3.8) is 0 Å². The van der Waals surface area contributed by atoms with Crippen molar-refractivity contribution in [3.05, 3.63) is 35.9 Å². The number of primary amides is 1. The van der Waals surface area contributed by atoms with E-state index in [1.165, 1.54) is 11.8 Å². The molecular formula is C40H61N9O14. The predicted molar refractivity (Wildman–Crippen MR) is 221 cm³/mol. The molecule has 0 aliphatic carbocycles. The lowest BCUT2D eigenvalue weighted by Gasteiger charge is -2.32. The van der Waals surface area contributed by atoms with E-state index in [1.54, 1.807) is 58.0 Å². The van der Waals surface area contributed by atoms with Crippen LogP contribution in [0.25, 0.3) is 0 Å². The largest absolute Gasteiger partial charge is 0.481 e. The maximum Gasteiger partial charge on any atom is 0.326 e. The Labute approximate surface area is 363 Å². The van der Waals surface area contributed by atoms with Gasteiger partial charge in [0.25, 0.3) is 0 Å². The number of carboxylic acids is 2. The molecule has 1 aromatic carbocycles. The summed E-state index contributed by atoms with van der Waals surface area (Å²) in [5.74, 6) is -11.5. The van der Waals surface area contributed by atoms with Crippen LogP contribution in [0.3, 0.4) is 0 Å². The Bertz CT molecular complexity index is 1810. The Hall–Kier alpha value is -6.20. The Balaban J connectivity index is 2.35. The fourth-order valence-corrected chi connectivity index (χ4v) is 6.51. The number of amides is 8. The fraction of sp³-hybridized carbons (Fsp3) is 0.600. The topological polar surface area (TPSA) is 379 Å². The maximum absolute atomic E-state index is 14.2. The fourth-order valence-electron chi connectivity index (χ4n) is 6.51. The molecule has 63 heavy (non-hydrogen) atoms. The van der Waals surface area contributed by atoms with Crippen molar-refractivity contribution in [2.75, 3.05) is 13.2 Å². The zero-order chi connectivity index (χ0) is 47.7. The van der Waals surface area contributed by atoms with E-state index in [-0.39, 0.29) is 19.4 Å². The summed E-state index contributed by atoms with van der Waals surface area (Å²) in [6.07, 6.45) is -2.83. The highest BCUT2D eigenvalue weighted by Gasteiger charge is 2.41. The van der Waals surface area contributed by atoms with Gasteiger partial charge in [-0.05, 0) is 43.6 Å². The molecule has 0 aromatic heterocycles. The molecule has 0 bridgehead atoms. The van der Waals surface area contributed by atoms with E-state index in [4.69, 9.17) is 11.5 Å². The van der Waals surface area contributed by atoms with Crippen molar-refractivity contribution in [1.29, 1.82) is 0 Å². The summed E-state index contributed by atoms with van der Waals surface area (Å²) >= 11 is 0. The number of benzene rings is 1. The summed E-state index contributed by atoms with van der Waals surface area (Å²) in [7, 11) is 0. The minimum atomic E-state index is -1.79. The number of hydrogen-bond acceptors (Lipinski definition) is 13. The lowest BCUT2D eigenvalue weighted by molar-refractivity contribution is -0.144. The lowest BCUT2D eigenvalue weighted by atomic mass is 10.00. The summed E-state index contributed by atoms with van der Waals surface area (Å²) in [6.45, 7) is 6.61. The van der Waals surface area contributed by atoms with E-state index in [0.717, 1.165) is 0 Å². The third kappa shape index (κ3) is 16.5. The molecule has 2 rings (SSSR count). The number of hydrogen-bond donors (Lipinski definition) is 12. The zero-order valence-corrected chi connectivity index (χ0v) is 35.9. The van der Waals surface area contributed by atoms with Gasteiger partial charge in [-0.2, -0.15) is 0 Å². The van der Waals surface area contributed by atoms with E-state index < -0.39 is 151 Å². The highest BCUT2D eigenvalue weighted by Crippen LogP contribution is 2.21. The van der Waals surface area contributed by atoms with Crippen LogP contribution in [0.15, 0.2) is 30.3 Å². The highest BCUT2D eigenvalue weighted by atomic mass is 16.4. The first kappa shape index (κ1) is 52.9. The third-order valence-electron chi connectivity index (χ3n) is 10.2. The minimum Gasteiger partial charge on any atom is -0.481 e. The summed E-state index contributed by atoms with van der Waals surface area (Å²) < 4.78 is 0. The molecular weight excluding hydrogens is 830 g/mol. The number of aliphatic hydroxyl groups excluding tert-OH is 2. The van der Waals surface area contributed by atoms with Gasteiger partial charge in [0.15, 0.2) is 0 Å². The number of likely N-dealkylation sites (tertiary alicyclic amines) is 1. The second-order valence-electron chi connectivity index (χ2n) is 16.0. The quantitative estimate of drug-likeness (QED) is 0.0445. The number of carboxylic acid groups (broad SMARTS) is 2. The van der Waals surface area contributed by atoms with E-state index in [0.29, 0.717) is 12.0 Å². The number of nitrogens with zero attached hydrogens (tertiary/aromatic N) is 1. The third-order valence-corrected chi connectivity index (χ3v) is 10.2. The lowest BCUT2D eigenvalue weighted by Crippen LogP contribution is -2.61. The molecule has 9 atom stereocenters. The molecule has 350 valence electrons. The molecule has 1 fully saturated rings. The number of carbonyl (C=O) groups is 10. The van der Waals surface area contributed by atoms with Gasteiger partial charge in [0.2, 0.25) is 47.3 Å². The molecule has 23 nitrogen and oxygen atoms in total. The molecule has 0 unspecified atom stereocenters. The Morgan fingerprint density at radius 1 is 0.714 bits per heavy atom. The van der Waals surface area contributed by atoms with Gasteiger partial charge >= 0.3 is 11.9 Å². The van der Waals surface area contributed by atoms with E-state index in [1.807, 2.05) is 0 Å². The molecule has 8 amide bonds. The van der Waals surface area contributed by atoms with Crippen molar-refractivity contribution >= 4 is 59.2 Å². The van der Waals surface area contributed by atoms with Crippen LogP contribution in [-0.2, 0) is 54.4 Å². The second kappa shape index (κ2) is 25.0. The molecule has 1 aromatic rings. The summed E-state index contributed by atoms with van der Waals surface area (Å²) in [6, 6.07) is -3.26. The van der Waals surface area contributed by atoms with Gasteiger partial charge in [0.05, 0.1) is 19.1 Å². The van der Waals surface area contributed by atoms with Crippen LogP contribution in [0.4, 0.5) is 0 Å². The average Bonchev–Trinajstić information content (AvgIpc) is 3.71. The van der Waals surface area contributed by atoms with Gasteiger partial charge in [0.1, 0.15) is 48.3 Å². The Morgan fingerprint density at radius 3 is 1.76 bits per heavy atom. The molecule has 14 N–H and O–H groups in total. The molecule has 0 spiro atoms. The van der Waals surface area contributed by atoms with Crippen LogP contribution in [0.5, 0.6) is 0 Å². The minimum absolute atomic E-state index is 0.0475. The van der Waals surface area contributed by atoms with E-state index in [2.05, 4.69) is 31.9 Å². The van der Waals surface area contributed by atoms with Crippen molar-refractivity contribution in [3.8, 4) is 0 Å². The highest BCUT2D eigenvalue weighted by molar-refractivity contribution is 5.98. The number of rotatable bonds is 25. The SMILES string of the molecule is CC(C)[C@H](NC(=O)[C@H](CO)NC(=O)[C@H](Cc1ccccc1)NC(=O)[C@@H]1CCCN1C(=O)[C@@H](NC(=O)[C@H](CCC(N)=O)NC(=O)[C@H](CC(=O)O)NC(=O)[C@@H](N)[C@@H](C)O)C(C)C)C(=O)O. The van der Waals surface area contributed by atoms with Crippen molar-refractivity contribution < 1.29 is 68.4 Å². The second-order valence-corrected chi connectivity index (χ2v) is 16.0. The molecule has 1 aliphatic heterocycles. The van der Waals surface area contributed by atoms with Gasteiger partial charge in [-0.3, -0.25) is 43.2 Å². The van der Waals surface area contributed by atoms with Crippen LogP contribution in [-0.4, -0.2) is 152 Å². The standard InChI is InChI=1S/C40H61N9O14/c1-19(2)31(47-33(55)23(13-14-28(41)52)43-35(57)25(17-29(53)54)45-38(60)30(42)21(5)51)39(61)49-15-9-12-27(49)37(59)44-24(16-22-10-7-6-8-11-22)34(56)46-26(18-50)36(58)48-32(20(3)4)40(62)63/h6-8,10-11,19-21,23-27,30-32,50-51H,9,12-18,42H2,1-5H3,(H2,41,52)(H,43,57)(H,44,59)(H,45,60)(H,46,56)(H,47,55)(H,48,58)(H,53,54)(H,62,63)/t21-,23+,24+,25+,26+,27+,30+,31+,32+/m1/s1. The molecule has 1 saturated heterocycles. The van der Waals surface area contributed by atoms with Crippen LogP contribution in [0.1, 0.15) is 72.3 Å². The molecule has 1 heterocycles. The Morgan fingerprint density at radius 2 is 1.24 bits per heavy atom. The predicted octanol–water partition coefficient (Wildman–Crippen LogP) is -4.03. The van der Waals surface area contributed by atoms with Gasteiger partial charge < -0.3 is 68.7 Å². The number of aliphatic carboxylic acids is 2. The first-order chi connectivity index (χ1) is 29.5. The van der Waals surface area contributed by atoms with E-state index >= 15 is 0 Å². The van der Waals surface area contributed by atoms with Crippen molar-refractivity contribution in [2.24, 2.45) is 23.3 Å². The molecule has 0 saturated carbocycles. The van der Waals surface area contributed by atoms with Crippen LogP contribution < -0.4 is 43.4 Å². The number of nitrogens with two attached hydrogens (primary N) is 2. The van der Waals surface area contributed by atoms with Gasteiger partial charge in [-0.25, -0.2) is 4.79 Å². The summed E-state index contributed by atoms with van der Waals surface area (Å²) in [5, 5.41) is 52.8. The number of aliphatic hydroxyl groups is 2. The summed E-state index contributed by atoms with van der Waals surface area (Å²) in [4.78, 5) is 131. The summed E-state index contributed by atoms with van der Waals surface area (Å²) in [5.41, 5.74) is 11.5. The average molecular weight is 892 g/mol. The van der Waals surface area contributed by atoms with Crippen molar-refractivity contribution in [1.82, 2.24) is 36.8 Å². The molecule has 23 heteroatoms. The zero-order valence-electron chi connectivity index (χ0n) is 35.9. The van der Waals surface area contributed by atoms with Gasteiger partial charge in [-0.1, -0.05) is 58.0 Å². The first-order valence-electron chi connectivity index (χ1n) is 20.4. The van der Waals surface area contributed by atoms with Crippen molar-refractivity contribution in [2.45, 2.75) is 128 Å².